The van der Waals surface area contributed by atoms with Gasteiger partial charge in [0.15, 0.2) is 0 Å². The number of piperazine rings is 1. The van der Waals surface area contributed by atoms with Crippen molar-refractivity contribution in [2.45, 2.75) is 39.2 Å². The largest absolute Gasteiger partial charge is 0.466 e. The molecule has 1 aliphatic heterocycles. The molecule has 9 nitrogen and oxygen atoms in total. The van der Waals surface area contributed by atoms with Gasteiger partial charge in [0.25, 0.3) is 0 Å². The van der Waals surface area contributed by atoms with Gasteiger partial charge in [-0.1, -0.05) is 19.4 Å². The molecule has 0 aromatic heterocycles. The average Bonchev–Trinajstić information content (AvgIpc) is 2.64. The maximum absolute atomic E-state index is 12.5. The van der Waals surface area contributed by atoms with Crippen LogP contribution in [0.15, 0.2) is 24.3 Å². The molecule has 1 aliphatic rings. The Morgan fingerprint density at radius 3 is 2.66 bits per heavy atom. The maximum Gasteiger partial charge on any atom is 0.307 e. The molecule has 3 N–H and O–H groups in total. The first-order chi connectivity index (χ1) is 13.9. The van der Waals surface area contributed by atoms with E-state index in [1.807, 2.05) is 6.92 Å². The Kier molecular flexibility index (Phi) is 8.60. The van der Waals surface area contributed by atoms with Gasteiger partial charge in [0.1, 0.15) is 6.04 Å². The van der Waals surface area contributed by atoms with Crippen LogP contribution < -0.4 is 16.0 Å². The Bertz CT molecular complexity index is 752. The Hall–Kier alpha value is -2.94. The van der Waals surface area contributed by atoms with E-state index in [0.717, 1.165) is 12.8 Å². The van der Waals surface area contributed by atoms with E-state index in [1.165, 1.54) is 6.92 Å². The summed E-state index contributed by atoms with van der Waals surface area (Å²) in [6.07, 6.45) is 1.58. The minimum absolute atomic E-state index is 0.0370. The minimum Gasteiger partial charge on any atom is -0.466 e. The Morgan fingerprint density at radius 2 is 1.97 bits per heavy atom. The number of hydrogen-bond donors (Lipinski definition) is 3. The van der Waals surface area contributed by atoms with Crippen molar-refractivity contribution < 1.29 is 23.9 Å². The number of nitrogens with one attached hydrogen (secondary N) is 3. The molecule has 0 bridgehead atoms. The van der Waals surface area contributed by atoms with Crippen molar-refractivity contribution in [3.63, 3.8) is 0 Å². The predicted molar refractivity (Wildman–Crippen MR) is 108 cm³/mol. The third kappa shape index (κ3) is 7.53. The van der Waals surface area contributed by atoms with Crippen LogP contribution in [0.25, 0.3) is 0 Å². The zero-order valence-electron chi connectivity index (χ0n) is 16.8. The quantitative estimate of drug-likeness (QED) is 0.419. The summed E-state index contributed by atoms with van der Waals surface area (Å²) < 4.78 is 5.15. The summed E-state index contributed by atoms with van der Waals surface area (Å²) in [5.74, 6) is -1.26. The third-order valence-electron chi connectivity index (χ3n) is 4.38. The molecular weight excluding hydrogens is 376 g/mol. The zero-order valence-corrected chi connectivity index (χ0v) is 16.8. The predicted octanol–water partition coefficient (Wildman–Crippen LogP) is 1.12. The van der Waals surface area contributed by atoms with Gasteiger partial charge < -0.3 is 20.7 Å². The monoisotopic (exact) mass is 404 g/mol. The van der Waals surface area contributed by atoms with Gasteiger partial charge in [0.2, 0.25) is 17.7 Å². The fourth-order valence-electron chi connectivity index (χ4n) is 2.98. The van der Waals surface area contributed by atoms with Crippen LogP contribution in [0.5, 0.6) is 0 Å². The summed E-state index contributed by atoms with van der Waals surface area (Å²) in [5.41, 5.74) is 1.10. The molecule has 1 aromatic rings. The molecule has 0 aliphatic carbocycles. The first-order valence-corrected chi connectivity index (χ1v) is 9.74. The second-order valence-corrected chi connectivity index (χ2v) is 6.87. The summed E-state index contributed by atoms with van der Waals surface area (Å²) in [5, 5.41) is 8.13. The van der Waals surface area contributed by atoms with Crippen molar-refractivity contribution in [2.24, 2.45) is 0 Å². The van der Waals surface area contributed by atoms with E-state index < -0.39 is 12.0 Å². The first kappa shape index (κ1) is 22.4. The summed E-state index contributed by atoms with van der Waals surface area (Å²) in [4.78, 5) is 49.6. The van der Waals surface area contributed by atoms with Gasteiger partial charge in [0, 0.05) is 31.4 Å². The topological polar surface area (TPSA) is 117 Å². The normalized spacial score (nSPS) is 16.6. The fourth-order valence-corrected chi connectivity index (χ4v) is 2.98. The Morgan fingerprint density at radius 1 is 1.24 bits per heavy atom. The molecule has 1 atom stereocenters. The van der Waals surface area contributed by atoms with Crippen LogP contribution in [0.4, 0.5) is 11.4 Å². The van der Waals surface area contributed by atoms with Crippen molar-refractivity contribution in [2.75, 3.05) is 36.9 Å². The molecule has 1 aromatic carbocycles. The van der Waals surface area contributed by atoms with Crippen LogP contribution in [0, 0.1) is 0 Å². The van der Waals surface area contributed by atoms with Crippen LogP contribution >= 0.6 is 0 Å². The van der Waals surface area contributed by atoms with Gasteiger partial charge in [0.05, 0.1) is 19.6 Å². The Labute approximate surface area is 170 Å². The number of carbonyl (C=O) groups is 4. The molecule has 0 radical (unpaired) electrons. The van der Waals surface area contributed by atoms with Gasteiger partial charge >= 0.3 is 5.97 Å². The number of carbonyl (C=O) groups excluding carboxylic acids is 4. The second kappa shape index (κ2) is 11.2. The molecule has 29 heavy (non-hydrogen) atoms. The molecular formula is C20H28N4O5. The van der Waals surface area contributed by atoms with Crippen molar-refractivity contribution >= 4 is 35.1 Å². The number of unbranched alkanes of at least 4 members (excludes halogenated alkanes) is 1. The molecule has 1 saturated heterocycles. The van der Waals surface area contributed by atoms with E-state index in [1.54, 1.807) is 29.2 Å². The van der Waals surface area contributed by atoms with Crippen LogP contribution in [0.2, 0.25) is 0 Å². The van der Waals surface area contributed by atoms with Crippen LogP contribution in [0.1, 0.15) is 33.1 Å². The SMILES string of the molecule is CCCCOC(=O)CC1C(=O)NCCN1CC(=O)Nc1cccc(NC(C)=O)c1. The lowest BCUT2D eigenvalue weighted by Gasteiger charge is -2.33. The number of ether oxygens (including phenoxy) is 1. The molecule has 158 valence electrons. The van der Waals surface area contributed by atoms with E-state index >= 15 is 0 Å². The number of anilines is 2. The van der Waals surface area contributed by atoms with Gasteiger partial charge in [-0.15, -0.1) is 0 Å². The number of benzene rings is 1. The van der Waals surface area contributed by atoms with E-state index in [0.29, 0.717) is 31.1 Å². The smallest absolute Gasteiger partial charge is 0.307 e. The number of rotatable bonds is 9. The van der Waals surface area contributed by atoms with Gasteiger partial charge in [-0.05, 0) is 24.6 Å². The van der Waals surface area contributed by atoms with Gasteiger partial charge in [-0.25, -0.2) is 0 Å². The molecule has 3 amide bonds. The van der Waals surface area contributed by atoms with Crippen molar-refractivity contribution in [1.82, 2.24) is 10.2 Å². The summed E-state index contributed by atoms with van der Waals surface area (Å²) >= 11 is 0. The maximum atomic E-state index is 12.5. The summed E-state index contributed by atoms with van der Waals surface area (Å²) in [6, 6.07) is 6.03. The number of amides is 3. The molecule has 1 unspecified atom stereocenters. The van der Waals surface area contributed by atoms with Crippen LogP contribution in [-0.2, 0) is 23.9 Å². The highest BCUT2D eigenvalue weighted by molar-refractivity contribution is 5.95. The second-order valence-electron chi connectivity index (χ2n) is 6.87. The first-order valence-electron chi connectivity index (χ1n) is 9.74. The zero-order chi connectivity index (χ0) is 21.2. The highest BCUT2D eigenvalue weighted by Crippen LogP contribution is 2.16. The number of nitrogens with zero attached hydrogens (tertiary/aromatic N) is 1. The molecule has 9 heteroatoms. The molecule has 1 fully saturated rings. The molecule has 0 spiro atoms. The lowest BCUT2D eigenvalue weighted by molar-refractivity contribution is -0.149. The van der Waals surface area contributed by atoms with E-state index in [-0.39, 0.29) is 30.7 Å². The van der Waals surface area contributed by atoms with Crippen molar-refractivity contribution in [3.05, 3.63) is 24.3 Å². The molecule has 2 rings (SSSR count). The lowest BCUT2D eigenvalue weighted by atomic mass is 10.1. The molecule has 0 saturated carbocycles. The van der Waals surface area contributed by atoms with Crippen LogP contribution in [-0.4, -0.2) is 60.9 Å². The molecule has 1 heterocycles. The van der Waals surface area contributed by atoms with Gasteiger partial charge in [-0.3, -0.25) is 24.1 Å². The standard InChI is InChI=1S/C20H28N4O5/c1-3-4-10-29-19(27)12-17-20(28)21-8-9-24(17)13-18(26)23-16-7-5-6-15(11-16)22-14(2)25/h5-7,11,17H,3-4,8-10,12-13H2,1-2H3,(H,21,28)(H,22,25)(H,23,26). The summed E-state index contributed by atoms with van der Waals surface area (Å²) in [7, 11) is 0. The van der Waals surface area contributed by atoms with Crippen molar-refractivity contribution in [3.8, 4) is 0 Å². The number of esters is 1. The number of hydrogen-bond acceptors (Lipinski definition) is 6. The fraction of sp³-hybridized carbons (Fsp3) is 0.500. The lowest BCUT2D eigenvalue weighted by Crippen LogP contribution is -2.57. The van der Waals surface area contributed by atoms with Gasteiger partial charge in [-0.2, -0.15) is 0 Å². The van der Waals surface area contributed by atoms with E-state index in [2.05, 4.69) is 16.0 Å². The minimum atomic E-state index is -0.741. The van der Waals surface area contributed by atoms with Crippen molar-refractivity contribution in [1.29, 1.82) is 0 Å². The average molecular weight is 404 g/mol. The summed E-state index contributed by atoms with van der Waals surface area (Å²) in [6.45, 7) is 4.55. The highest BCUT2D eigenvalue weighted by atomic mass is 16.5. The third-order valence-corrected chi connectivity index (χ3v) is 4.38. The van der Waals surface area contributed by atoms with E-state index in [4.69, 9.17) is 4.74 Å². The van der Waals surface area contributed by atoms with Crippen LogP contribution in [0.3, 0.4) is 0 Å². The Balaban J connectivity index is 1.94. The highest BCUT2D eigenvalue weighted by Gasteiger charge is 2.33. The van der Waals surface area contributed by atoms with E-state index in [9.17, 15) is 19.2 Å².